The first kappa shape index (κ1) is 14.9. The third-order valence-corrected chi connectivity index (χ3v) is 5.01. The van der Waals surface area contributed by atoms with Gasteiger partial charge >= 0.3 is 0 Å². The zero-order chi connectivity index (χ0) is 14.7. The summed E-state index contributed by atoms with van der Waals surface area (Å²) >= 11 is 5.07. The van der Waals surface area contributed by atoms with Gasteiger partial charge in [0.1, 0.15) is 4.99 Å². The molecule has 0 aliphatic carbocycles. The fourth-order valence-corrected chi connectivity index (χ4v) is 3.75. The smallest absolute Gasteiger partial charge is 0.103 e. The van der Waals surface area contributed by atoms with Crippen molar-refractivity contribution in [3.05, 3.63) is 35.4 Å². The van der Waals surface area contributed by atoms with Gasteiger partial charge in [-0.1, -0.05) is 36.8 Å². The molecule has 0 aromatic heterocycles. The van der Waals surface area contributed by atoms with Gasteiger partial charge in [0.2, 0.25) is 0 Å². The average Bonchev–Trinajstić information content (AvgIpc) is 2.97. The maximum atomic E-state index is 5.72. The van der Waals surface area contributed by atoms with Gasteiger partial charge in [-0.15, -0.1) is 0 Å². The Morgan fingerprint density at radius 2 is 2.00 bits per heavy atom. The van der Waals surface area contributed by atoms with Gasteiger partial charge in [0, 0.05) is 31.2 Å². The second kappa shape index (κ2) is 6.86. The molecule has 1 atom stereocenters. The summed E-state index contributed by atoms with van der Waals surface area (Å²) in [7, 11) is 0. The molecule has 0 bridgehead atoms. The second-order valence-electron chi connectivity index (χ2n) is 6.34. The van der Waals surface area contributed by atoms with E-state index in [4.69, 9.17) is 18.0 Å². The Labute approximate surface area is 133 Å². The van der Waals surface area contributed by atoms with Gasteiger partial charge < -0.3 is 5.73 Å². The Balaban J connectivity index is 1.56. The van der Waals surface area contributed by atoms with Gasteiger partial charge in [-0.05, 0) is 44.0 Å². The SMILES string of the molecule is NC(=S)c1cccc(CN2CCC(N3CCCCC3)C2)c1. The summed E-state index contributed by atoms with van der Waals surface area (Å²) in [6, 6.07) is 9.13. The van der Waals surface area contributed by atoms with E-state index >= 15 is 0 Å². The number of piperidine rings is 1. The van der Waals surface area contributed by atoms with Crippen molar-refractivity contribution in [3.8, 4) is 0 Å². The Kier molecular flexibility index (Phi) is 4.88. The fourth-order valence-electron chi connectivity index (χ4n) is 3.62. The van der Waals surface area contributed by atoms with Crippen LogP contribution in [0.1, 0.15) is 36.8 Å². The number of nitrogens with zero attached hydrogens (tertiary/aromatic N) is 2. The number of rotatable bonds is 4. The van der Waals surface area contributed by atoms with Crippen LogP contribution in [0.3, 0.4) is 0 Å². The third-order valence-electron chi connectivity index (χ3n) is 4.77. The van der Waals surface area contributed by atoms with Crippen LogP contribution in [-0.2, 0) is 6.54 Å². The maximum Gasteiger partial charge on any atom is 0.103 e. The lowest BCUT2D eigenvalue weighted by Gasteiger charge is -2.32. The van der Waals surface area contributed by atoms with Gasteiger partial charge in [-0.3, -0.25) is 9.80 Å². The van der Waals surface area contributed by atoms with Crippen LogP contribution in [0.2, 0.25) is 0 Å². The van der Waals surface area contributed by atoms with E-state index in [0.717, 1.165) is 18.2 Å². The number of thiocarbonyl (C=S) groups is 1. The quantitative estimate of drug-likeness (QED) is 0.866. The van der Waals surface area contributed by atoms with E-state index in [1.807, 2.05) is 6.07 Å². The van der Waals surface area contributed by atoms with Crippen LogP contribution in [0.25, 0.3) is 0 Å². The zero-order valence-electron chi connectivity index (χ0n) is 12.6. The molecule has 1 unspecified atom stereocenters. The van der Waals surface area contributed by atoms with Gasteiger partial charge in [-0.2, -0.15) is 0 Å². The lowest BCUT2D eigenvalue weighted by atomic mass is 10.1. The summed E-state index contributed by atoms with van der Waals surface area (Å²) < 4.78 is 0. The van der Waals surface area contributed by atoms with E-state index in [9.17, 15) is 0 Å². The predicted octanol–water partition coefficient (Wildman–Crippen LogP) is 2.38. The average molecular weight is 303 g/mol. The van der Waals surface area contributed by atoms with Crippen LogP contribution in [-0.4, -0.2) is 47.0 Å². The Morgan fingerprint density at radius 3 is 2.76 bits per heavy atom. The molecule has 3 nitrogen and oxygen atoms in total. The summed E-state index contributed by atoms with van der Waals surface area (Å²) in [4.78, 5) is 5.76. The van der Waals surface area contributed by atoms with Crippen LogP contribution in [0.15, 0.2) is 24.3 Å². The molecule has 2 fully saturated rings. The first-order valence-corrected chi connectivity index (χ1v) is 8.48. The molecule has 0 radical (unpaired) electrons. The molecule has 2 aliphatic heterocycles. The molecule has 21 heavy (non-hydrogen) atoms. The summed E-state index contributed by atoms with van der Waals surface area (Å²) in [6.07, 6.45) is 5.49. The first-order chi connectivity index (χ1) is 10.2. The monoisotopic (exact) mass is 303 g/mol. The Morgan fingerprint density at radius 1 is 1.19 bits per heavy atom. The van der Waals surface area contributed by atoms with E-state index in [2.05, 4.69) is 28.0 Å². The molecule has 4 heteroatoms. The van der Waals surface area contributed by atoms with Crippen LogP contribution in [0, 0.1) is 0 Å². The van der Waals surface area contributed by atoms with E-state index in [0.29, 0.717) is 4.99 Å². The van der Waals surface area contributed by atoms with Crippen molar-refractivity contribution in [2.24, 2.45) is 5.73 Å². The highest BCUT2D eigenvalue weighted by Gasteiger charge is 2.28. The molecular weight excluding hydrogens is 278 g/mol. The van der Waals surface area contributed by atoms with Crippen molar-refractivity contribution in [2.45, 2.75) is 38.3 Å². The fraction of sp³-hybridized carbons (Fsp3) is 0.588. The van der Waals surface area contributed by atoms with Crippen LogP contribution in [0.5, 0.6) is 0 Å². The first-order valence-electron chi connectivity index (χ1n) is 8.07. The highest BCUT2D eigenvalue weighted by Crippen LogP contribution is 2.21. The van der Waals surface area contributed by atoms with Crippen molar-refractivity contribution in [2.75, 3.05) is 26.2 Å². The van der Waals surface area contributed by atoms with Crippen LogP contribution >= 0.6 is 12.2 Å². The van der Waals surface area contributed by atoms with E-state index < -0.39 is 0 Å². The minimum absolute atomic E-state index is 0.490. The van der Waals surface area contributed by atoms with E-state index in [-0.39, 0.29) is 0 Å². The Hall–Kier alpha value is -0.970. The number of hydrogen-bond donors (Lipinski definition) is 1. The van der Waals surface area contributed by atoms with Crippen molar-refractivity contribution in [1.29, 1.82) is 0 Å². The predicted molar refractivity (Wildman–Crippen MR) is 91.4 cm³/mol. The molecule has 114 valence electrons. The van der Waals surface area contributed by atoms with Gasteiger partial charge in [-0.25, -0.2) is 0 Å². The number of benzene rings is 1. The van der Waals surface area contributed by atoms with E-state index in [1.54, 1.807) is 0 Å². The molecule has 0 amide bonds. The van der Waals surface area contributed by atoms with Gasteiger partial charge in [0.15, 0.2) is 0 Å². The lowest BCUT2D eigenvalue weighted by molar-refractivity contribution is 0.161. The Bertz CT molecular complexity index is 497. The summed E-state index contributed by atoms with van der Waals surface area (Å²) in [5, 5.41) is 0. The largest absolute Gasteiger partial charge is 0.389 e. The molecule has 2 saturated heterocycles. The molecular formula is C17H25N3S. The summed E-state index contributed by atoms with van der Waals surface area (Å²) in [5.74, 6) is 0. The number of likely N-dealkylation sites (tertiary alicyclic amines) is 2. The molecule has 3 rings (SSSR count). The van der Waals surface area contributed by atoms with Crippen LogP contribution < -0.4 is 5.73 Å². The minimum Gasteiger partial charge on any atom is -0.389 e. The molecule has 2 heterocycles. The topological polar surface area (TPSA) is 32.5 Å². The number of hydrogen-bond acceptors (Lipinski definition) is 3. The normalized spacial score (nSPS) is 24.3. The number of nitrogens with two attached hydrogens (primary N) is 1. The molecule has 0 saturated carbocycles. The van der Waals surface area contributed by atoms with Gasteiger partial charge in [0.05, 0.1) is 0 Å². The molecule has 0 spiro atoms. The van der Waals surface area contributed by atoms with Crippen LogP contribution in [0.4, 0.5) is 0 Å². The molecule has 1 aromatic carbocycles. The van der Waals surface area contributed by atoms with E-state index in [1.165, 1.54) is 57.4 Å². The lowest BCUT2D eigenvalue weighted by Crippen LogP contribution is -2.40. The zero-order valence-corrected chi connectivity index (χ0v) is 13.4. The molecule has 1 aromatic rings. The van der Waals surface area contributed by atoms with Crippen molar-refractivity contribution >= 4 is 17.2 Å². The van der Waals surface area contributed by atoms with Crippen molar-refractivity contribution in [1.82, 2.24) is 9.80 Å². The van der Waals surface area contributed by atoms with Crippen molar-refractivity contribution < 1.29 is 0 Å². The summed E-state index contributed by atoms with van der Waals surface area (Å²) in [6.45, 7) is 6.03. The second-order valence-corrected chi connectivity index (χ2v) is 6.78. The standard InChI is InChI=1S/C17H25N3S/c18-17(21)15-6-4-5-14(11-15)12-19-10-7-16(13-19)20-8-2-1-3-9-20/h4-6,11,16H,1-3,7-10,12-13H2,(H2,18,21). The maximum absolute atomic E-state index is 5.72. The third kappa shape index (κ3) is 3.82. The minimum atomic E-state index is 0.490. The van der Waals surface area contributed by atoms with Gasteiger partial charge in [0.25, 0.3) is 0 Å². The highest BCUT2D eigenvalue weighted by atomic mass is 32.1. The highest BCUT2D eigenvalue weighted by molar-refractivity contribution is 7.80. The molecule has 2 N–H and O–H groups in total. The van der Waals surface area contributed by atoms with Crippen molar-refractivity contribution in [3.63, 3.8) is 0 Å². The summed E-state index contributed by atoms with van der Waals surface area (Å²) in [5.41, 5.74) is 8.02. The molecule has 2 aliphatic rings.